The van der Waals surface area contributed by atoms with E-state index in [2.05, 4.69) is 48.1 Å². The van der Waals surface area contributed by atoms with Crippen LogP contribution in [-0.2, 0) is 6.54 Å². The van der Waals surface area contributed by atoms with Crippen LogP contribution in [0.2, 0.25) is 5.02 Å². The number of hydrogen-bond acceptors (Lipinski definition) is 1. The van der Waals surface area contributed by atoms with E-state index in [0.717, 1.165) is 33.8 Å². The van der Waals surface area contributed by atoms with Gasteiger partial charge in [0, 0.05) is 22.6 Å². The Kier molecular flexibility index (Phi) is 5.24. The van der Waals surface area contributed by atoms with Gasteiger partial charge in [-0.1, -0.05) is 48.0 Å². The number of para-hydroxylation sites is 1. The first-order valence-electron chi connectivity index (χ1n) is 10.7. The molecule has 0 bridgehead atoms. The van der Waals surface area contributed by atoms with Crippen molar-refractivity contribution in [3.63, 3.8) is 0 Å². The number of urea groups is 1. The maximum atomic E-state index is 13.7. The van der Waals surface area contributed by atoms with Crippen molar-refractivity contribution in [3.8, 4) is 5.69 Å². The van der Waals surface area contributed by atoms with Gasteiger partial charge in [-0.25, -0.2) is 4.79 Å². The fourth-order valence-electron chi connectivity index (χ4n) is 4.38. The van der Waals surface area contributed by atoms with Crippen molar-refractivity contribution in [2.45, 2.75) is 26.4 Å². The lowest BCUT2D eigenvalue weighted by atomic mass is 10.0. The minimum absolute atomic E-state index is 0.150. The van der Waals surface area contributed by atoms with Gasteiger partial charge in [-0.2, -0.15) is 0 Å². The third kappa shape index (κ3) is 3.67. The van der Waals surface area contributed by atoms with E-state index < -0.39 is 0 Å². The maximum absolute atomic E-state index is 13.7. The van der Waals surface area contributed by atoms with Crippen LogP contribution in [0.4, 0.5) is 10.5 Å². The molecule has 0 spiro atoms. The Bertz CT molecular complexity index is 1310. The Morgan fingerprint density at radius 3 is 2.59 bits per heavy atom. The van der Waals surface area contributed by atoms with Gasteiger partial charge in [0.25, 0.3) is 0 Å². The first-order valence-corrected chi connectivity index (χ1v) is 11.0. The molecule has 1 aliphatic rings. The number of carbonyl (C=O) groups is 1. The summed E-state index contributed by atoms with van der Waals surface area (Å²) < 4.78 is 2.17. The highest BCUT2D eigenvalue weighted by atomic mass is 35.5. The molecule has 2 amide bonds. The summed E-state index contributed by atoms with van der Waals surface area (Å²) >= 11 is 6.36. The van der Waals surface area contributed by atoms with E-state index in [-0.39, 0.29) is 12.1 Å². The zero-order valence-corrected chi connectivity index (χ0v) is 18.8. The van der Waals surface area contributed by atoms with Gasteiger partial charge < -0.3 is 14.8 Å². The summed E-state index contributed by atoms with van der Waals surface area (Å²) in [5, 5.41) is 3.77. The Hall–Kier alpha value is -3.50. The number of anilines is 1. The minimum atomic E-state index is -0.289. The number of aromatic nitrogens is 1. The summed E-state index contributed by atoms with van der Waals surface area (Å²) in [6.45, 7) is 4.59. The normalized spacial score (nSPS) is 15.0. The summed E-state index contributed by atoms with van der Waals surface area (Å²) in [4.78, 5) is 15.6. The smallest absolute Gasteiger partial charge is 0.318 e. The summed E-state index contributed by atoms with van der Waals surface area (Å²) in [5.41, 5.74) is 7.29. The Labute approximate surface area is 193 Å². The highest BCUT2D eigenvalue weighted by Gasteiger charge is 2.33. The fourth-order valence-corrected chi connectivity index (χ4v) is 4.58. The Morgan fingerprint density at radius 2 is 1.78 bits per heavy atom. The molecule has 0 unspecified atom stereocenters. The van der Waals surface area contributed by atoms with Gasteiger partial charge in [0.1, 0.15) is 0 Å². The molecule has 5 heteroatoms. The molecule has 4 aromatic rings. The van der Waals surface area contributed by atoms with E-state index in [9.17, 15) is 4.79 Å². The number of fused-ring (bicyclic) bond motifs is 3. The van der Waals surface area contributed by atoms with Crippen molar-refractivity contribution in [1.29, 1.82) is 0 Å². The summed E-state index contributed by atoms with van der Waals surface area (Å²) in [7, 11) is 0. The lowest BCUT2D eigenvalue weighted by Gasteiger charge is -2.31. The van der Waals surface area contributed by atoms with E-state index in [1.807, 2.05) is 65.6 Å². The van der Waals surface area contributed by atoms with Gasteiger partial charge in [-0.3, -0.25) is 0 Å². The van der Waals surface area contributed by atoms with Gasteiger partial charge in [-0.05, 0) is 78.6 Å². The molecule has 32 heavy (non-hydrogen) atoms. The first kappa shape index (κ1) is 20.4. The lowest BCUT2D eigenvalue weighted by Crippen LogP contribution is -2.37. The average molecular weight is 442 g/mol. The second-order valence-corrected chi connectivity index (χ2v) is 8.68. The van der Waals surface area contributed by atoms with Crippen LogP contribution in [0.15, 0.2) is 85.1 Å². The standard InChI is InChI=1S/C27H24ClN3O/c1-18-12-13-23(15-19(18)2)29-27(32)31-17-21-7-3-4-10-24(21)30-14-6-11-25(30)26(31)20-8-5-9-22(28)16-20/h3-16,26H,17H2,1-2H3,(H,29,32)/t26-/m1/s1. The van der Waals surface area contributed by atoms with Crippen LogP contribution in [0.25, 0.3) is 5.69 Å². The average Bonchev–Trinajstić information content (AvgIpc) is 3.20. The number of halogens is 1. The van der Waals surface area contributed by atoms with E-state index in [1.54, 1.807) is 0 Å². The van der Waals surface area contributed by atoms with Gasteiger partial charge in [0.15, 0.2) is 0 Å². The van der Waals surface area contributed by atoms with Crippen molar-refractivity contribution < 1.29 is 4.79 Å². The second kappa shape index (κ2) is 8.21. The zero-order chi connectivity index (χ0) is 22.2. The van der Waals surface area contributed by atoms with Crippen molar-refractivity contribution >= 4 is 23.3 Å². The Balaban J connectivity index is 1.63. The highest BCUT2D eigenvalue weighted by molar-refractivity contribution is 6.30. The molecule has 2 heterocycles. The van der Waals surface area contributed by atoms with Crippen molar-refractivity contribution in [2.24, 2.45) is 0 Å². The number of aryl methyl sites for hydroxylation is 2. The predicted octanol–water partition coefficient (Wildman–Crippen LogP) is 6.88. The van der Waals surface area contributed by atoms with Crippen molar-refractivity contribution in [1.82, 2.24) is 9.47 Å². The summed E-state index contributed by atoms with van der Waals surface area (Å²) in [5.74, 6) is 0. The van der Waals surface area contributed by atoms with Crippen LogP contribution in [0, 0.1) is 13.8 Å². The van der Waals surface area contributed by atoms with Gasteiger partial charge in [-0.15, -0.1) is 0 Å². The molecule has 0 fully saturated rings. The van der Waals surface area contributed by atoms with Crippen LogP contribution in [0.1, 0.15) is 34.0 Å². The fraction of sp³-hybridized carbons (Fsp3) is 0.148. The molecule has 0 radical (unpaired) electrons. The molecule has 0 aliphatic carbocycles. The molecule has 1 atom stereocenters. The molecule has 0 saturated carbocycles. The number of benzene rings is 3. The zero-order valence-electron chi connectivity index (χ0n) is 18.0. The lowest BCUT2D eigenvalue weighted by molar-refractivity contribution is 0.194. The van der Waals surface area contributed by atoms with Crippen LogP contribution in [0.3, 0.4) is 0 Å². The SMILES string of the molecule is Cc1ccc(NC(=O)N2Cc3ccccc3-n3cccc3[C@H]2c2cccc(Cl)c2)cc1C. The molecule has 5 rings (SSSR count). The van der Waals surface area contributed by atoms with E-state index in [4.69, 9.17) is 11.6 Å². The van der Waals surface area contributed by atoms with Gasteiger partial charge in [0.05, 0.1) is 18.3 Å². The third-order valence-electron chi connectivity index (χ3n) is 6.15. The molecule has 0 saturated heterocycles. The number of nitrogens with zero attached hydrogens (tertiary/aromatic N) is 2. The van der Waals surface area contributed by atoms with E-state index in [1.165, 1.54) is 5.56 Å². The van der Waals surface area contributed by atoms with Crippen molar-refractivity contribution in [3.05, 3.63) is 118 Å². The van der Waals surface area contributed by atoms with E-state index in [0.29, 0.717) is 11.6 Å². The molecule has 3 aromatic carbocycles. The number of rotatable bonds is 2. The third-order valence-corrected chi connectivity index (χ3v) is 6.38. The topological polar surface area (TPSA) is 37.3 Å². The predicted molar refractivity (Wildman–Crippen MR) is 130 cm³/mol. The molecule has 1 N–H and O–H groups in total. The highest BCUT2D eigenvalue weighted by Crippen LogP contribution is 2.37. The number of hydrogen-bond donors (Lipinski definition) is 1. The molecule has 1 aliphatic heterocycles. The van der Waals surface area contributed by atoms with Crippen molar-refractivity contribution in [2.75, 3.05) is 5.32 Å². The van der Waals surface area contributed by atoms with Gasteiger partial charge in [0.2, 0.25) is 0 Å². The maximum Gasteiger partial charge on any atom is 0.322 e. The molecule has 4 nitrogen and oxygen atoms in total. The molecule has 1 aromatic heterocycles. The Morgan fingerprint density at radius 1 is 0.938 bits per heavy atom. The van der Waals surface area contributed by atoms with Gasteiger partial charge >= 0.3 is 6.03 Å². The summed E-state index contributed by atoms with van der Waals surface area (Å²) in [6.07, 6.45) is 2.05. The first-order chi connectivity index (χ1) is 15.5. The molecular weight excluding hydrogens is 418 g/mol. The van der Waals surface area contributed by atoms with Crippen LogP contribution >= 0.6 is 11.6 Å². The second-order valence-electron chi connectivity index (χ2n) is 8.25. The number of nitrogens with one attached hydrogen (secondary N) is 1. The van der Waals surface area contributed by atoms with E-state index >= 15 is 0 Å². The number of carbonyl (C=O) groups excluding carboxylic acids is 1. The summed E-state index contributed by atoms with van der Waals surface area (Å²) in [6, 6.07) is 25.6. The largest absolute Gasteiger partial charge is 0.322 e. The molecular formula is C27H24ClN3O. The van der Waals surface area contributed by atoms with Crippen LogP contribution < -0.4 is 5.32 Å². The molecule has 160 valence electrons. The minimum Gasteiger partial charge on any atom is -0.318 e. The number of amides is 2. The monoisotopic (exact) mass is 441 g/mol. The van der Waals surface area contributed by atoms with Crippen LogP contribution in [0.5, 0.6) is 0 Å². The van der Waals surface area contributed by atoms with Crippen LogP contribution in [-0.4, -0.2) is 15.5 Å². The quantitative estimate of drug-likeness (QED) is 0.361.